The van der Waals surface area contributed by atoms with Gasteiger partial charge in [-0.15, -0.1) is 22.7 Å². The number of aromatic nitrogens is 2. The number of fused-ring (bicyclic) bond motifs is 2. The van der Waals surface area contributed by atoms with E-state index >= 15 is 0 Å². The Morgan fingerprint density at radius 2 is 2.33 bits per heavy atom. The van der Waals surface area contributed by atoms with E-state index in [-0.39, 0.29) is 5.91 Å². The van der Waals surface area contributed by atoms with E-state index in [2.05, 4.69) is 28.2 Å². The highest BCUT2D eigenvalue weighted by atomic mass is 32.1. The molecule has 24 heavy (non-hydrogen) atoms. The summed E-state index contributed by atoms with van der Waals surface area (Å²) >= 11 is 7.45. The third-order valence-corrected chi connectivity index (χ3v) is 6.35. The predicted octanol–water partition coefficient (Wildman–Crippen LogP) is 3.32. The van der Waals surface area contributed by atoms with Gasteiger partial charge in [0, 0.05) is 29.6 Å². The zero-order valence-electron chi connectivity index (χ0n) is 12.8. The average Bonchev–Trinajstić information content (AvgIpc) is 3.14. The number of amides is 1. The van der Waals surface area contributed by atoms with Gasteiger partial charge in [0.2, 0.25) is 5.91 Å². The number of anilines is 1. The normalized spacial score (nSPS) is 13.9. The highest BCUT2D eigenvalue weighted by molar-refractivity contribution is 7.80. The molecule has 1 amide bonds. The minimum absolute atomic E-state index is 0.000541. The third-order valence-electron chi connectivity index (χ3n) is 3.92. The van der Waals surface area contributed by atoms with E-state index in [1.807, 2.05) is 6.07 Å². The van der Waals surface area contributed by atoms with Crippen LogP contribution in [0.15, 0.2) is 18.5 Å². The molecule has 0 saturated heterocycles. The number of thiol groups is 1. The number of thiazole rings is 1. The van der Waals surface area contributed by atoms with Gasteiger partial charge in [-0.2, -0.15) is 12.6 Å². The van der Waals surface area contributed by atoms with Crippen molar-refractivity contribution in [2.75, 3.05) is 17.6 Å². The lowest BCUT2D eigenvalue weighted by Gasteiger charge is -2.13. The third kappa shape index (κ3) is 2.95. The van der Waals surface area contributed by atoms with Crippen LogP contribution in [0.2, 0.25) is 0 Å². The summed E-state index contributed by atoms with van der Waals surface area (Å²) in [6.07, 6.45) is 4.94. The quantitative estimate of drug-likeness (QED) is 0.611. The van der Waals surface area contributed by atoms with Crippen LogP contribution in [-0.2, 0) is 17.8 Å². The van der Waals surface area contributed by atoms with Crippen molar-refractivity contribution in [1.29, 1.82) is 0 Å². The zero-order chi connectivity index (χ0) is 16.5. The predicted molar refractivity (Wildman–Crippen MR) is 103 cm³/mol. The minimum atomic E-state index is 0.000541. The number of pyridine rings is 1. The lowest BCUT2D eigenvalue weighted by Crippen LogP contribution is -2.22. The number of nitrogens with one attached hydrogen (secondary N) is 2. The molecular formula is C16H16N4OS3. The van der Waals surface area contributed by atoms with Crippen LogP contribution in [0.25, 0.3) is 20.8 Å². The van der Waals surface area contributed by atoms with Gasteiger partial charge < -0.3 is 10.6 Å². The number of thiophene rings is 1. The van der Waals surface area contributed by atoms with Crippen LogP contribution in [0.1, 0.15) is 16.9 Å². The van der Waals surface area contributed by atoms with Gasteiger partial charge >= 0.3 is 0 Å². The Morgan fingerprint density at radius 3 is 3.17 bits per heavy atom. The van der Waals surface area contributed by atoms with Gasteiger partial charge in [0.25, 0.3) is 0 Å². The Hall–Kier alpha value is -1.48. The van der Waals surface area contributed by atoms with E-state index in [4.69, 9.17) is 4.98 Å². The Morgan fingerprint density at radius 1 is 1.42 bits per heavy atom. The Balaban J connectivity index is 1.82. The Kier molecular flexibility index (Phi) is 4.53. The van der Waals surface area contributed by atoms with E-state index < -0.39 is 0 Å². The fourth-order valence-electron chi connectivity index (χ4n) is 2.83. The SMILES string of the molecule is O=C(CCS)Nc1sc2c(c1-c1nc3cnccc3s1)CCNC2. The summed E-state index contributed by atoms with van der Waals surface area (Å²) in [6, 6.07) is 1.98. The van der Waals surface area contributed by atoms with Crippen molar-refractivity contribution in [3.63, 3.8) is 0 Å². The van der Waals surface area contributed by atoms with Crippen molar-refractivity contribution >= 4 is 56.4 Å². The van der Waals surface area contributed by atoms with Crippen LogP contribution >= 0.6 is 35.3 Å². The molecule has 1 aliphatic rings. The number of nitrogens with zero attached hydrogens (tertiary/aromatic N) is 2. The Bertz CT molecular complexity index is 869. The number of carbonyl (C=O) groups excluding carboxylic acids is 1. The first-order valence-electron chi connectivity index (χ1n) is 7.73. The van der Waals surface area contributed by atoms with Gasteiger partial charge in [-0.25, -0.2) is 4.98 Å². The highest BCUT2D eigenvalue weighted by Gasteiger charge is 2.24. The summed E-state index contributed by atoms with van der Waals surface area (Å²) in [5.74, 6) is 0.543. The van der Waals surface area contributed by atoms with Crippen LogP contribution in [-0.4, -0.2) is 28.2 Å². The summed E-state index contributed by atoms with van der Waals surface area (Å²) < 4.78 is 1.11. The summed E-state index contributed by atoms with van der Waals surface area (Å²) in [4.78, 5) is 22.3. The average molecular weight is 377 g/mol. The highest BCUT2D eigenvalue weighted by Crippen LogP contribution is 2.44. The first-order valence-corrected chi connectivity index (χ1v) is 9.99. The maximum atomic E-state index is 12.1. The number of hydrogen-bond acceptors (Lipinski definition) is 7. The largest absolute Gasteiger partial charge is 0.317 e. The van der Waals surface area contributed by atoms with Gasteiger partial charge in [0.1, 0.15) is 15.5 Å². The molecule has 4 heterocycles. The van der Waals surface area contributed by atoms with E-state index in [0.717, 1.165) is 45.3 Å². The number of rotatable bonds is 4. The van der Waals surface area contributed by atoms with Gasteiger partial charge in [0.05, 0.1) is 10.9 Å². The van der Waals surface area contributed by atoms with Crippen molar-refractivity contribution in [2.45, 2.75) is 19.4 Å². The molecule has 0 aromatic carbocycles. The summed E-state index contributed by atoms with van der Waals surface area (Å²) in [6.45, 7) is 1.80. The van der Waals surface area contributed by atoms with Crippen LogP contribution in [0.3, 0.4) is 0 Å². The zero-order valence-corrected chi connectivity index (χ0v) is 15.4. The topological polar surface area (TPSA) is 66.9 Å². The van der Waals surface area contributed by atoms with Crippen LogP contribution < -0.4 is 10.6 Å². The van der Waals surface area contributed by atoms with Crippen molar-refractivity contribution in [3.05, 3.63) is 28.9 Å². The van der Waals surface area contributed by atoms with Gasteiger partial charge in [-0.1, -0.05) is 0 Å². The van der Waals surface area contributed by atoms with E-state index in [9.17, 15) is 4.79 Å². The second-order valence-electron chi connectivity index (χ2n) is 5.52. The van der Waals surface area contributed by atoms with Crippen molar-refractivity contribution in [1.82, 2.24) is 15.3 Å². The smallest absolute Gasteiger partial charge is 0.225 e. The van der Waals surface area contributed by atoms with E-state index in [0.29, 0.717) is 12.2 Å². The molecule has 124 valence electrons. The first kappa shape index (κ1) is 16.0. The molecule has 0 radical (unpaired) electrons. The summed E-state index contributed by atoms with van der Waals surface area (Å²) in [7, 11) is 0. The van der Waals surface area contributed by atoms with Gasteiger partial charge in [0.15, 0.2) is 0 Å². The maximum absolute atomic E-state index is 12.1. The molecule has 0 fully saturated rings. The monoisotopic (exact) mass is 376 g/mol. The molecule has 3 aromatic rings. The second-order valence-corrected chi connectivity index (χ2v) is 8.10. The minimum Gasteiger partial charge on any atom is -0.317 e. The van der Waals surface area contributed by atoms with Crippen molar-refractivity contribution < 1.29 is 4.79 Å². The molecule has 4 rings (SSSR count). The number of hydrogen-bond donors (Lipinski definition) is 3. The van der Waals surface area contributed by atoms with Crippen LogP contribution in [0.5, 0.6) is 0 Å². The van der Waals surface area contributed by atoms with E-state index in [1.165, 1.54) is 10.4 Å². The number of carbonyl (C=O) groups is 1. The molecule has 0 bridgehead atoms. The van der Waals surface area contributed by atoms with Crippen molar-refractivity contribution in [2.24, 2.45) is 0 Å². The lowest BCUT2D eigenvalue weighted by molar-refractivity contribution is -0.115. The summed E-state index contributed by atoms with van der Waals surface area (Å²) in [5, 5.41) is 8.32. The molecule has 0 aliphatic carbocycles. The standard InChI is InChI=1S/C16H16N4OS3/c21-13(3-6-22)20-16-14(9-1-4-18-8-12(9)24-16)15-19-10-7-17-5-2-11(10)23-15/h2,5,7,18,22H,1,3-4,6,8H2,(H,20,21). The fraction of sp³-hybridized carbons (Fsp3) is 0.312. The second kappa shape index (κ2) is 6.79. The molecule has 0 saturated carbocycles. The maximum Gasteiger partial charge on any atom is 0.225 e. The molecule has 0 unspecified atom stereocenters. The summed E-state index contributed by atoms with van der Waals surface area (Å²) in [5.41, 5.74) is 3.30. The Labute approximate surface area is 152 Å². The molecule has 1 aliphatic heterocycles. The molecule has 0 spiro atoms. The molecule has 2 N–H and O–H groups in total. The van der Waals surface area contributed by atoms with E-state index in [1.54, 1.807) is 35.1 Å². The van der Waals surface area contributed by atoms with Gasteiger partial charge in [-0.05, 0) is 30.3 Å². The van der Waals surface area contributed by atoms with Gasteiger partial charge in [-0.3, -0.25) is 9.78 Å². The van der Waals surface area contributed by atoms with Crippen molar-refractivity contribution in [3.8, 4) is 10.6 Å². The van der Waals surface area contributed by atoms with Crippen LogP contribution in [0.4, 0.5) is 5.00 Å². The lowest BCUT2D eigenvalue weighted by atomic mass is 10.0. The van der Waals surface area contributed by atoms with Crippen LogP contribution in [0, 0.1) is 0 Å². The molecular weight excluding hydrogens is 360 g/mol. The molecule has 3 aromatic heterocycles. The first-order chi connectivity index (χ1) is 11.8. The fourth-order valence-corrected chi connectivity index (χ4v) is 5.34. The molecule has 5 nitrogen and oxygen atoms in total. The molecule has 8 heteroatoms. The molecule has 0 atom stereocenters.